The number of carbonyl (C=O) groups is 1. The average Bonchev–Trinajstić information content (AvgIpc) is 2.53. The first-order valence-corrected chi connectivity index (χ1v) is 8.67. The summed E-state index contributed by atoms with van der Waals surface area (Å²) in [7, 11) is 0. The highest BCUT2D eigenvalue weighted by Crippen LogP contribution is 2.17. The Morgan fingerprint density at radius 1 is 1.26 bits per heavy atom. The minimum Gasteiger partial charge on any atom is -0.389 e. The monoisotopic (exact) mass is 330 g/mol. The summed E-state index contributed by atoms with van der Waals surface area (Å²) in [5.74, 6) is -0.103. The number of amides is 1. The van der Waals surface area contributed by atoms with Gasteiger partial charge in [-0.2, -0.15) is 0 Å². The summed E-state index contributed by atoms with van der Waals surface area (Å²) in [4.78, 5) is 18.7. The molecule has 0 aliphatic rings. The zero-order valence-electron chi connectivity index (χ0n) is 13.7. The van der Waals surface area contributed by atoms with E-state index in [4.69, 9.17) is 0 Å². The summed E-state index contributed by atoms with van der Waals surface area (Å²) in [6.07, 6.45) is 3.57. The van der Waals surface area contributed by atoms with Crippen LogP contribution in [0.3, 0.4) is 0 Å². The number of aliphatic hydroxyl groups is 1. The molecular weight excluding hydrogens is 308 g/mol. The molecule has 2 aromatic rings. The second-order valence-electron chi connectivity index (χ2n) is 6.05. The topological polar surface area (TPSA) is 53.4 Å². The number of benzene rings is 1. The van der Waals surface area contributed by atoms with Crippen LogP contribution in [0.1, 0.15) is 29.8 Å². The average molecular weight is 330 g/mol. The first-order chi connectivity index (χ1) is 10.9. The molecule has 0 saturated heterocycles. The molecule has 5 heteroatoms. The second kappa shape index (κ2) is 7.62. The first kappa shape index (κ1) is 17.5. The maximum absolute atomic E-state index is 12.9. The van der Waals surface area contributed by atoms with E-state index in [0.29, 0.717) is 12.1 Å². The lowest BCUT2D eigenvalue weighted by atomic mass is 10.1. The van der Waals surface area contributed by atoms with Gasteiger partial charge in [0.25, 0.3) is 5.91 Å². The number of hydrogen-bond acceptors (Lipinski definition) is 4. The number of rotatable bonds is 6. The fraction of sp³-hybridized carbons (Fsp3) is 0.333. The third-order valence-corrected chi connectivity index (χ3v) is 3.91. The smallest absolute Gasteiger partial charge is 0.254 e. The van der Waals surface area contributed by atoms with Crippen LogP contribution in [-0.2, 0) is 6.54 Å². The molecule has 2 rings (SSSR count). The van der Waals surface area contributed by atoms with Gasteiger partial charge in [-0.1, -0.05) is 30.3 Å². The van der Waals surface area contributed by atoms with Gasteiger partial charge < -0.3 is 10.0 Å². The summed E-state index contributed by atoms with van der Waals surface area (Å²) < 4.78 is 0. The molecule has 0 radical (unpaired) electrons. The molecule has 122 valence electrons. The molecular formula is C18H22N2O2S. The fourth-order valence-electron chi connectivity index (χ4n) is 2.31. The Labute approximate surface area is 141 Å². The molecule has 1 aromatic carbocycles. The van der Waals surface area contributed by atoms with Gasteiger partial charge in [0.05, 0.1) is 10.6 Å². The van der Waals surface area contributed by atoms with Crippen molar-refractivity contribution in [1.82, 2.24) is 9.88 Å². The Bertz CT molecular complexity index is 654. The molecule has 1 heterocycles. The quantitative estimate of drug-likeness (QED) is 0.826. The minimum atomic E-state index is -0.959. The van der Waals surface area contributed by atoms with Gasteiger partial charge in [0.15, 0.2) is 0 Å². The summed E-state index contributed by atoms with van der Waals surface area (Å²) in [5, 5.41) is 11.0. The second-order valence-corrected chi connectivity index (χ2v) is 6.87. The van der Waals surface area contributed by atoms with Gasteiger partial charge in [0.2, 0.25) is 0 Å². The molecule has 1 aromatic heterocycles. The summed E-state index contributed by atoms with van der Waals surface area (Å²) in [6.45, 7) is 4.13. The van der Waals surface area contributed by atoms with Gasteiger partial charge in [-0.05, 0) is 37.8 Å². The number of nitrogens with zero attached hydrogens (tertiary/aromatic N) is 2. The first-order valence-electron chi connectivity index (χ1n) is 7.45. The molecule has 0 atom stereocenters. The van der Waals surface area contributed by atoms with Crippen molar-refractivity contribution in [2.45, 2.75) is 31.0 Å². The van der Waals surface area contributed by atoms with Gasteiger partial charge in [-0.15, -0.1) is 11.8 Å². The molecule has 0 saturated carbocycles. The van der Waals surface area contributed by atoms with Gasteiger partial charge >= 0.3 is 0 Å². The van der Waals surface area contributed by atoms with Crippen molar-refractivity contribution in [3.63, 3.8) is 0 Å². The van der Waals surface area contributed by atoms with E-state index in [1.54, 1.807) is 37.1 Å². The van der Waals surface area contributed by atoms with Crippen LogP contribution < -0.4 is 0 Å². The molecule has 1 N–H and O–H groups in total. The van der Waals surface area contributed by atoms with Crippen LogP contribution >= 0.6 is 11.8 Å². The van der Waals surface area contributed by atoms with Gasteiger partial charge in [0.1, 0.15) is 0 Å². The highest BCUT2D eigenvalue weighted by Gasteiger charge is 2.24. The Kier molecular flexibility index (Phi) is 5.80. The van der Waals surface area contributed by atoms with Crippen LogP contribution in [0.25, 0.3) is 0 Å². The van der Waals surface area contributed by atoms with Gasteiger partial charge in [0, 0.05) is 24.8 Å². The number of aromatic nitrogens is 1. The van der Waals surface area contributed by atoms with Crippen molar-refractivity contribution in [2.75, 3.05) is 12.8 Å². The summed E-state index contributed by atoms with van der Waals surface area (Å²) >= 11 is 1.50. The molecule has 0 fully saturated rings. The number of carbonyl (C=O) groups excluding carboxylic acids is 1. The van der Waals surface area contributed by atoms with Crippen molar-refractivity contribution >= 4 is 17.7 Å². The Balaban J connectivity index is 2.26. The van der Waals surface area contributed by atoms with E-state index in [2.05, 4.69) is 4.98 Å². The lowest BCUT2D eigenvalue weighted by molar-refractivity contribution is 0.0280. The van der Waals surface area contributed by atoms with Crippen molar-refractivity contribution in [1.29, 1.82) is 0 Å². The van der Waals surface area contributed by atoms with Crippen LogP contribution in [0.5, 0.6) is 0 Å². The van der Waals surface area contributed by atoms with E-state index in [9.17, 15) is 9.90 Å². The zero-order chi connectivity index (χ0) is 16.9. The molecule has 4 nitrogen and oxygen atoms in total. The molecule has 0 aliphatic carbocycles. The largest absolute Gasteiger partial charge is 0.389 e. The van der Waals surface area contributed by atoms with Crippen LogP contribution in [0.4, 0.5) is 0 Å². The molecule has 0 aliphatic heterocycles. The Morgan fingerprint density at radius 3 is 2.57 bits per heavy atom. The van der Waals surface area contributed by atoms with E-state index in [1.165, 1.54) is 11.8 Å². The van der Waals surface area contributed by atoms with E-state index < -0.39 is 5.60 Å². The highest BCUT2D eigenvalue weighted by molar-refractivity contribution is 7.98. The Hall–Kier alpha value is -1.85. The van der Waals surface area contributed by atoms with E-state index in [0.717, 1.165) is 10.6 Å². The zero-order valence-corrected chi connectivity index (χ0v) is 14.5. The number of pyridine rings is 1. The molecule has 0 bridgehead atoms. The molecule has 23 heavy (non-hydrogen) atoms. The van der Waals surface area contributed by atoms with Crippen LogP contribution in [0.2, 0.25) is 0 Å². The van der Waals surface area contributed by atoms with Crippen LogP contribution in [0.15, 0.2) is 53.7 Å². The highest BCUT2D eigenvalue weighted by atomic mass is 32.2. The van der Waals surface area contributed by atoms with Crippen molar-refractivity contribution in [2.24, 2.45) is 0 Å². The third-order valence-electron chi connectivity index (χ3n) is 3.27. The van der Waals surface area contributed by atoms with Crippen molar-refractivity contribution in [3.8, 4) is 0 Å². The maximum atomic E-state index is 12.9. The third kappa shape index (κ3) is 5.37. The van der Waals surface area contributed by atoms with Crippen LogP contribution in [-0.4, -0.2) is 39.3 Å². The summed E-state index contributed by atoms with van der Waals surface area (Å²) in [5.41, 5.74) is 0.661. The van der Waals surface area contributed by atoms with E-state index in [1.807, 2.05) is 36.6 Å². The SMILES string of the molecule is CSc1cc(C(=O)N(Cc2ccccc2)CC(C)(C)O)ccn1. The summed E-state index contributed by atoms with van der Waals surface area (Å²) in [6, 6.07) is 13.3. The lowest BCUT2D eigenvalue weighted by Crippen LogP contribution is -2.41. The van der Waals surface area contributed by atoms with E-state index >= 15 is 0 Å². The standard InChI is InChI=1S/C18H22N2O2S/c1-18(2,22)13-20(12-14-7-5-4-6-8-14)17(21)15-9-10-19-16(11-15)23-3/h4-11,22H,12-13H2,1-3H3. The lowest BCUT2D eigenvalue weighted by Gasteiger charge is -2.29. The van der Waals surface area contributed by atoms with Crippen molar-refractivity contribution < 1.29 is 9.90 Å². The maximum Gasteiger partial charge on any atom is 0.254 e. The van der Waals surface area contributed by atoms with Crippen molar-refractivity contribution in [3.05, 3.63) is 59.8 Å². The predicted molar refractivity (Wildman–Crippen MR) is 93.5 cm³/mol. The van der Waals surface area contributed by atoms with Gasteiger partial charge in [-0.25, -0.2) is 4.98 Å². The molecule has 1 amide bonds. The molecule has 0 spiro atoms. The normalized spacial score (nSPS) is 11.3. The molecule has 0 unspecified atom stereocenters. The minimum absolute atomic E-state index is 0.103. The number of thioether (sulfide) groups is 1. The number of hydrogen-bond donors (Lipinski definition) is 1. The van der Waals surface area contributed by atoms with E-state index in [-0.39, 0.29) is 12.5 Å². The predicted octanol–water partition coefficient (Wildman–Crippen LogP) is 3.22. The Morgan fingerprint density at radius 2 is 1.96 bits per heavy atom. The van der Waals surface area contributed by atoms with Crippen LogP contribution in [0, 0.1) is 0 Å². The van der Waals surface area contributed by atoms with Gasteiger partial charge in [-0.3, -0.25) is 4.79 Å². The fourth-order valence-corrected chi connectivity index (χ4v) is 2.72.